The first-order chi connectivity index (χ1) is 7.27. The number of ether oxygens (including phenoxy) is 1. The molecule has 1 unspecified atom stereocenters. The van der Waals surface area contributed by atoms with Crippen LogP contribution in [0.2, 0.25) is 0 Å². The van der Waals surface area contributed by atoms with E-state index in [2.05, 4.69) is 20.9 Å². The van der Waals surface area contributed by atoms with E-state index in [9.17, 15) is 5.11 Å². The van der Waals surface area contributed by atoms with Crippen LogP contribution in [0.5, 0.6) is 0 Å². The highest BCUT2D eigenvalue weighted by Crippen LogP contribution is 2.24. The largest absolute Gasteiger partial charge is 0.495 e. The molecule has 80 valence electrons. The Kier molecular flexibility index (Phi) is 3.38. The van der Waals surface area contributed by atoms with Crippen molar-refractivity contribution in [3.63, 3.8) is 0 Å². The van der Waals surface area contributed by atoms with E-state index in [0.29, 0.717) is 18.1 Å². The van der Waals surface area contributed by atoms with Gasteiger partial charge in [-0.3, -0.25) is 4.98 Å². The monoisotopic (exact) mass is 269 g/mol. The van der Waals surface area contributed by atoms with Crippen LogP contribution < -0.4 is 0 Å². The molecule has 0 radical (unpaired) electrons. The average molecular weight is 270 g/mol. The van der Waals surface area contributed by atoms with Crippen molar-refractivity contribution in [2.75, 3.05) is 6.61 Å². The van der Waals surface area contributed by atoms with Crippen molar-refractivity contribution < 1.29 is 9.84 Å². The Morgan fingerprint density at radius 2 is 2.33 bits per heavy atom. The normalized spacial score (nSPS) is 17.9. The summed E-state index contributed by atoms with van der Waals surface area (Å²) < 4.78 is 6.28. The van der Waals surface area contributed by atoms with Gasteiger partial charge >= 0.3 is 0 Å². The highest BCUT2D eigenvalue weighted by atomic mass is 79.9. The number of rotatable bonds is 2. The van der Waals surface area contributed by atoms with Gasteiger partial charge in [-0.15, -0.1) is 0 Å². The van der Waals surface area contributed by atoms with Crippen LogP contribution in [0.4, 0.5) is 0 Å². The number of aliphatic hydroxyl groups is 1. The molecule has 15 heavy (non-hydrogen) atoms. The molecule has 1 aromatic heterocycles. The molecule has 0 aromatic carbocycles. The lowest BCUT2D eigenvalue weighted by Gasteiger charge is -2.19. The van der Waals surface area contributed by atoms with Gasteiger partial charge < -0.3 is 9.84 Å². The van der Waals surface area contributed by atoms with Gasteiger partial charge in [-0.05, 0) is 47.0 Å². The second-order valence-electron chi connectivity index (χ2n) is 3.40. The molecule has 4 heteroatoms. The van der Waals surface area contributed by atoms with Gasteiger partial charge in [-0.25, -0.2) is 0 Å². The smallest absolute Gasteiger partial charge is 0.152 e. The van der Waals surface area contributed by atoms with Gasteiger partial charge in [0.25, 0.3) is 0 Å². The molecule has 3 nitrogen and oxygen atoms in total. The summed E-state index contributed by atoms with van der Waals surface area (Å²) in [5, 5.41) is 9.97. The van der Waals surface area contributed by atoms with Crippen molar-refractivity contribution in [3.8, 4) is 0 Å². The third-order valence-corrected chi connectivity index (χ3v) is 2.73. The maximum absolute atomic E-state index is 9.97. The lowest BCUT2D eigenvalue weighted by atomic mass is 10.1. The number of aliphatic hydroxyl groups excluding tert-OH is 1. The minimum atomic E-state index is -0.738. The molecular weight excluding hydrogens is 258 g/mol. The van der Waals surface area contributed by atoms with Gasteiger partial charge in [0.2, 0.25) is 0 Å². The summed E-state index contributed by atoms with van der Waals surface area (Å²) in [6.45, 7) is 0.680. The minimum Gasteiger partial charge on any atom is -0.495 e. The van der Waals surface area contributed by atoms with Crippen molar-refractivity contribution in [3.05, 3.63) is 40.3 Å². The summed E-state index contributed by atoms with van der Waals surface area (Å²) in [4.78, 5) is 4.14. The maximum atomic E-state index is 9.97. The van der Waals surface area contributed by atoms with E-state index in [0.717, 1.165) is 17.3 Å². The fraction of sp³-hybridized carbons (Fsp3) is 0.364. The lowest BCUT2D eigenvalue weighted by Crippen LogP contribution is -2.10. The molecule has 0 bridgehead atoms. The number of aromatic nitrogens is 1. The summed E-state index contributed by atoms with van der Waals surface area (Å²) in [6, 6.07) is 3.64. The molecule has 1 aromatic rings. The van der Waals surface area contributed by atoms with Crippen LogP contribution in [0.1, 0.15) is 24.6 Å². The highest BCUT2D eigenvalue weighted by Gasteiger charge is 2.17. The third kappa shape index (κ3) is 2.58. The minimum absolute atomic E-state index is 0.617. The molecule has 2 rings (SSSR count). The zero-order chi connectivity index (χ0) is 10.7. The first kappa shape index (κ1) is 10.6. The number of nitrogens with zero attached hydrogens (tertiary/aromatic N) is 1. The quantitative estimate of drug-likeness (QED) is 0.898. The Bertz CT molecular complexity index is 361. The van der Waals surface area contributed by atoms with Gasteiger partial charge in [0.05, 0.1) is 12.3 Å². The maximum Gasteiger partial charge on any atom is 0.152 e. The SMILES string of the molecule is OC(C1=CCCCO1)c1ccc(Br)cn1. The second kappa shape index (κ2) is 4.77. The van der Waals surface area contributed by atoms with Gasteiger partial charge in [0, 0.05) is 10.7 Å². The molecule has 0 saturated heterocycles. The van der Waals surface area contributed by atoms with E-state index in [1.165, 1.54) is 0 Å². The van der Waals surface area contributed by atoms with Crippen molar-refractivity contribution in [1.82, 2.24) is 4.98 Å². The predicted molar refractivity (Wildman–Crippen MR) is 60.2 cm³/mol. The van der Waals surface area contributed by atoms with E-state index in [1.54, 1.807) is 12.3 Å². The van der Waals surface area contributed by atoms with Crippen molar-refractivity contribution >= 4 is 15.9 Å². The fourth-order valence-electron chi connectivity index (χ4n) is 1.46. The standard InChI is InChI=1S/C11H12BrNO2/c12-8-4-5-9(13-7-8)11(14)10-3-1-2-6-15-10/h3-5,7,11,14H,1-2,6H2. The summed E-state index contributed by atoms with van der Waals surface area (Å²) >= 11 is 3.30. The van der Waals surface area contributed by atoms with Gasteiger partial charge in [0.15, 0.2) is 6.10 Å². The summed E-state index contributed by atoms with van der Waals surface area (Å²) in [5.41, 5.74) is 0.617. The average Bonchev–Trinajstić information content (AvgIpc) is 2.30. The zero-order valence-corrected chi connectivity index (χ0v) is 9.77. The van der Waals surface area contributed by atoms with Gasteiger partial charge in [-0.1, -0.05) is 0 Å². The Hall–Kier alpha value is -0.870. The van der Waals surface area contributed by atoms with Crippen molar-refractivity contribution in [2.24, 2.45) is 0 Å². The third-order valence-electron chi connectivity index (χ3n) is 2.26. The molecule has 0 fully saturated rings. The molecule has 1 aliphatic heterocycles. The Morgan fingerprint density at radius 3 is 2.93 bits per heavy atom. The number of halogens is 1. The zero-order valence-electron chi connectivity index (χ0n) is 8.19. The molecule has 2 heterocycles. The first-order valence-corrected chi connectivity index (χ1v) is 5.69. The molecule has 0 aliphatic carbocycles. The van der Waals surface area contributed by atoms with Gasteiger partial charge in [0.1, 0.15) is 5.76 Å². The lowest BCUT2D eigenvalue weighted by molar-refractivity contribution is 0.0894. The molecule has 1 aliphatic rings. The van der Waals surface area contributed by atoms with Crippen molar-refractivity contribution in [2.45, 2.75) is 18.9 Å². The van der Waals surface area contributed by atoms with Crippen LogP contribution >= 0.6 is 15.9 Å². The van der Waals surface area contributed by atoms with Crippen LogP contribution in [-0.2, 0) is 4.74 Å². The highest BCUT2D eigenvalue weighted by molar-refractivity contribution is 9.10. The van der Waals surface area contributed by atoms with E-state index < -0.39 is 6.10 Å². The number of allylic oxidation sites excluding steroid dienone is 1. The number of hydrogen-bond donors (Lipinski definition) is 1. The van der Waals surface area contributed by atoms with E-state index in [4.69, 9.17) is 4.74 Å². The Labute approximate surface area is 96.9 Å². The molecule has 1 atom stereocenters. The van der Waals surface area contributed by atoms with Crippen LogP contribution in [0, 0.1) is 0 Å². The topological polar surface area (TPSA) is 42.4 Å². The van der Waals surface area contributed by atoms with Crippen molar-refractivity contribution in [1.29, 1.82) is 0 Å². The molecule has 0 amide bonds. The molecule has 0 spiro atoms. The fourth-order valence-corrected chi connectivity index (χ4v) is 1.70. The Balaban J connectivity index is 2.16. The molecule has 1 N–H and O–H groups in total. The first-order valence-electron chi connectivity index (χ1n) is 4.90. The predicted octanol–water partition coefficient (Wildman–Crippen LogP) is 2.57. The molecular formula is C11H12BrNO2. The van der Waals surface area contributed by atoms with Crippen LogP contribution in [0.15, 0.2) is 34.6 Å². The summed E-state index contributed by atoms with van der Waals surface area (Å²) in [5.74, 6) is 0.621. The van der Waals surface area contributed by atoms with Gasteiger partial charge in [-0.2, -0.15) is 0 Å². The van der Waals surface area contributed by atoms with E-state index in [-0.39, 0.29) is 0 Å². The van der Waals surface area contributed by atoms with Crippen LogP contribution in [0.25, 0.3) is 0 Å². The number of hydrogen-bond acceptors (Lipinski definition) is 3. The van der Waals surface area contributed by atoms with E-state index >= 15 is 0 Å². The van der Waals surface area contributed by atoms with E-state index in [1.807, 2.05) is 12.1 Å². The number of pyridine rings is 1. The van der Waals surface area contributed by atoms with Crippen LogP contribution in [0.3, 0.4) is 0 Å². The summed E-state index contributed by atoms with van der Waals surface area (Å²) in [6.07, 6.45) is 4.84. The Morgan fingerprint density at radius 1 is 1.47 bits per heavy atom. The second-order valence-corrected chi connectivity index (χ2v) is 4.32. The van der Waals surface area contributed by atoms with Crippen LogP contribution in [-0.4, -0.2) is 16.7 Å². The summed E-state index contributed by atoms with van der Waals surface area (Å²) in [7, 11) is 0. The molecule has 0 saturated carbocycles.